The van der Waals surface area contributed by atoms with Gasteiger partial charge in [-0.15, -0.1) is 0 Å². The van der Waals surface area contributed by atoms with Gasteiger partial charge >= 0.3 is 0 Å². The smallest absolute Gasteiger partial charge is 0.224 e. The van der Waals surface area contributed by atoms with Gasteiger partial charge in [-0.05, 0) is 36.6 Å². The first-order valence-corrected chi connectivity index (χ1v) is 5.87. The Morgan fingerprint density at radius 2 is 2.28 bits per heavy atom. The number of nitrogens with zero attached hydrogens (tertiary/aromatic N) is 1. The van der Waals surface area contributed by atoms with Crippen molar-refractivity contribution < 1.29 is 4.79 Å². The maximum absolute atomic E-state index is 11.6. The molecule has 1 amide bonds. The molecule has 0 atom stereocenters. The fraction of sp³-hybridized carbons (Fsp3) is 0.231. The van der Waals surface area contributed by atoms with Crippen LogP contribution >= 0.6 is 0 Å². The molecule has 5 nitrogen and oxygen atoms in total. The van der Waals surface area contributed by atoms with E-state index in [1.807, 2.05) is 18.5 Å². The number of carbonyl (C=O) groups excluding carboxylic acids is 1. The van der Waals surface area contributed by atoms with Gasteiger partial charge in [-0.1, -0.05) is 0 Å². The van der Waals surface area contributed by atoms with Gasteiger partial charge in [0.2, 0.25) is 5.91 Å². The highest BCUT2D eigenvalue weighted by molar-refractivity contribution is 5.90. The van der Waals surface area contributed by atoms with E-state index in [0.29, 0.717) is 17.9 Å². The Labute approximate surface area is 105 Å². The van der Waals surface area contributed by atoms with Gasteiger partial charge in [-0.3, -0.25) is 4.79 Å². The predicted octanol–water partition coefficient (Wildman–Crippen LogP) is 1.95. The molecule has 0 bridgehead atoms. The molecule has 0 aromatic carbocycles. The molecule has 0 aliphatic rings. The van der Waals surface area contributed by atoms with Crippen LogP contribution in [0.15, 0.2) is 36.8 Å². The standard InChI is InChI=1S/C13H16N4O/c14-12-5-4-11(9-16-12)17-13(18)3-1-2-10-6-7-15-8-10/h4-9,15H,1-3H2,(H2,14,16)(H,17,18). The molecule has 0 aliphatic heterocycles. The van der Waals surface area contributed by atoms with Crippen LogP contribution in [0.25, 0.3) is 0 Å². The summed E-state index contributed by atoms with van der Waals surface area (Å²) in [5, 5.41) is 2.78. The first-order chi connectivity index (χ1) is 8.74. The van der Waals surface area contributed by atoms with Gasteiger partial charge in [0, 0.05) is 18.8 Å². The number of rotatable bonds is 5. The summed E-state index contributed by atoms with van der Waals surface area (Å²) in [6.45, 7) is 0. The number of anilines is 2. The highest BCUT2D eigenvalue weighted by Crippen LogP contribution is 2.09. The number of hydrogen-bond donors (Lipinski definition) is 3. The summed E-state index contributed by atoms with van der Waals surface area (Å²) in [6, 6.07) is 5.42. The second-order valence-electron chi connectivity index (χ2n) is 4.09. The van der Waals surface area contributed by atoms with Crippen molar-refractivity contribution >= 4 is 17.4 Å². The summed E-state index contributed by atoms with van der Waals surface area (Å²) in [6.07, 6.45) is 7.61. The number of hydrogen-bond acceptors (Lipinski definition) is 3. The molecular weight excluding hydrogens is 228 g/mol. The van der Waals surface area contributed by atoms with E-state index in [1.165, 1.54) is 5.56 Å². The largest absolute Gasteiger partial charge is 0.384 e. The zero-order valence-electron chi connectivity index (χ0n) is 10.0. The zero-order chi connectivity index (χ0) is 12.8. The number of aromatic nitrogens is 2. The lowest BCUT2D eigenvalue weighted by Gasteiger charge is -2.04. The van der Waals surface area contributed by atoms with Crippen LogP contribution in [0.3, 0.4) is 0 Å². The van der Waals surface area contributed by atoms with E-state index in [0.717, 1.165) is 12.8 Å². The number of aromatic amines is 1. The van der Waals surface area contributed by atoms with Gasteiger partial charge in [0.1, 0.15) is 5.82 Å². The number of carbonyl (C=O) groups is 1. The van der Waals surface area contributed by atoms with E-state index in [4.69, 9.17) is 5.73 Å². The highest BCUT2D eigenvalue weighted by atomic mass is 16.1. The van der Waals surface area contributed by atoms with Crippen molar-refractivity contribution in [3.63, 3.8) is 0 Å². The summed E-state index contributed by atoms with van der Waals surface area (Å²) in [5.74, 6) is 0.442. The van der Waals surface area contributed by atoms with Crippen molar-refractivity contribution in [2.24, 2.45) is 0 Å². The van der Waals surface area contributed by atoms with E-state index < -0.39 is 0 Å². The van der Waals surface area contributed by atoms with Crippen molar-refractivity contribution in [3.8, 4) is 0 Å². The van der Waals surface area contributed by atoms with Gasteiger partial charge in [-0.25, -0.2) is 4.98 Å². The number of aryl methyl sites for hydroxylation is 1. The van der Waals surface area contributed by atoms with E-state index in [2.05, 4.69) is 15.3 Å². The maximum Gasteiger partial charge on any atom is 0.224 e. The lowest BCUT2D eigenvalue weighted by atomic mass is 10.1. The van der Waals surface area contributed by atoms with Crippen molar-refractivity contribution in [1.29, 1.82) is 0 Å². The minimum Gasteiger partial charge on any atom is -0.384 e. The summed E-state index contributed by atoms with van der Waals surface area (Å²) in [7, 11) is 0. The topological polar surface area (TPSA) is 83.8 Å². The van der Waals surface area contributed by atoms with Crippen LogP contribution in [0.4, 0.5) is 11.5 Å². The van der Waals surface area contributed by atoms with Crippen LogP contribution in [-0.2, 0) is 11.2 Å². The zero-order valence-corrected chi connectivity index (χ0v) is 10.0. The second kappa shape index (κ2) is 5.86. The third-order valence-electron chi connectivity index (χ3n) is 2.60. The van der Waals surface area contributed by atoms with E-state index >= 15 is 0 Å². The molecule has 0 saturated heterocycles. The van der Waals surface area contributed by atoms with Crippen LogP contribution < -0.4 is 11.1 Å². The second-order valence-corrected chi connectivity index (χ2v) is 4.09. The Balaban J connectivity index is 1.73. The van der Waals surface area contributed by atoms with Crippen molar-refractivity contribution in [2.75, 3.05) is 11.1 Å². The summed E-state index contributed by atoms with van der Waals surface area (Å²) in [5.41, 5.74) is 7.36. The van der Waals surface area contributed by atoms with Crippen LogP contribution in [0, 0.1) is 0 Å². The highest BCUT2D eigenvalue weighted by Gasteiger charge is 2.03. The maximum atomic E-state index is 11.6. The van der Waals surface area contributed by atoms with Crippen LogP contribution in [-0.4, -0.2) is 15.9 Å². The van der Waals surface area contributed by atoms with Gasteiger partial charge in [0.05, 0.1) is 11.9 Å². The van der Waals surface area contributed by atoms with Gasteiger partial charge in [0.15, 0.2) is 0 Å². The van der Waals surface area contributed by atoms with Crippen molar-refractivity contribution in [2.45, 2.75) is 19.3 Å². The molecule has 18 heavy (non-hydrogen) atoms. The van der Waals surface area contributed by atoms with Crippen LogP contribution in [0.5, 0.6) is 0 Å². The molecule has 0 fully saturated rings. The average Bonchev–Trinajstić information content (AvgIpc) is 2.85. The number of amides is 1. The van der Waals surface area contributed by atoms with Crippen molar-refractivity contribution in [1.82, 2.24) is 9.97 Å². The third kappa shape index (κ3) is 3.62. The Kier molecular flexibility index (Phi) is 3.96. The molecule has 5 heteroatoms. The molecule has 0 aliphatic carbocycles. The van der Waals surface area contributed by atoms with Gasteiger partial charge in [0.25, 0.3) is 0 Å². The molecule has 2 aromatic heterocycles. The molecule has 0 spiro atoms. The lowest BCUT2D eigenvalue weighted by molar-refractivity contribution is -0.116. The molecule has 0 saturated carbocycles. The van der Waals surface area contributed by atoms with E-state index in [9.17, 15) is 4.79 Å². The quantitative estimate of drug-likeness (QED) is 0.751. The van der Waals surface area contributed by atoms with Crippen LogP contribution in [0.1, 0.15) is 18.4 Å². The average molecular weight is 244 g/mol. The number of nitrogens with one attached hydrogen (secondary N) is 2. The molecule has 2 rings (SSSR count). The summed E-state index contributed by atoms with van der Waals surface area (Å²) < 4.78 is 0. The molecule has 0 unspecified atom stereocenters. The van der Waals surface area contributed by atoms with Gasteiger partial charge < -0.3 is 16.0 Å². The summed E-state index contributed by atoms with van der Waals surface area (Å²) >= 11 is 0. The SMILES string of the molecule is Nc1ccc(NC(=O)CCCc2cc[nH]c2)cn1. The predicted molar refractivity (Wildman–Crippen MR) is 71.0 cm³/mol. The monoisotopic (exact) mass is 244 g/mol. The number of nitrogens with two attached hydrogens (primary N) is 1. The van der Waals surface area contributed by atoms with Crippen molar-refractivity contribution in [3.05, 3.63) is 42.4 Å². The fourth-order valence-electron chi connectivity index (χ4n) is 1.67. The normalized spacial score (nSPS) is 10.2. The van der Waals surface area contributed by atoms with E-state index in [-0.39, 0.29) is 5.91 Å². The Morgan fingerprint density at radius 1 is 1.39 bits per heavy atom. The number of nitrogen functional groups attached to an aromatic ring is 1. The first kappa shape index (κ1) is 12.2. The van der Waals surface area contributed by atoms with E-state index in [1.54, 1.807) is 18.3 Å². The first-order valence-electron chi connectivity index (χ1n) is 5.87. The number of H-pyrrole nitrogens is 1. The third-order valence-corrected chi connectivity index (χ3v) is 2.60. The molecule has 4 N–H and O–H groups in total. The van der Waals surface area contributed by atoms with Crippen LogP contribution in [0.2, 0.25) is 0 Å². The molecule has 2 heterocycles. The summed E-state index contributed by atoms with van der Waals surface area (Å²) in [4.78, 5) is 18.6. The Hall–Kier alpha value is -2.30. The molecule has 2 aromatic rings. The minimum atomic E-state index is -0.00268. The Morgan fingerprint density at radius 3 is 2.94 bits per heavy atom. The lowest BCUT2D eigenvalue weighted by Crippen LogP contribution is -2.11. The minimum absolute atomic E-state index is 0.00268. The van der Waals surface area contributed by atoms with Gasteiger partial charge in [-0.2, -0.15) is 0 Å². The molecular formula is C13H16N4O. The molecule has 94 valence electrons. The fourth-order valence-corrected chi connectivity index (χ4v) is 1.67. The Bertz CT molecular complexity index is 490. The number of pyridine rings is 1. The molecule has 0 radical (unpaired) electrons.